The molecule has 2 rings (SSSR count). The highest BCUT2D eigenvalue weighted by atomic mass is 14.4. The second-order valence-corrected chi connectivity index (χ2v) is 5.55. The van der Waals surface area contributed by atoms with Gasteiger partial charge in [-0.15, -0.1) is 0 Å². The van der Waals surface area contributed by atoms with Crippen LogP contribution in [0.15, 0.2) is 11.6 Å². The van der Waals surface area contributed by atoms with E-state index < -0.39 is 0 Å². The summed E-state index contributed by atoms with van der Waals surface area (Å²) in [5.74, 6) is 1.05. The van der Waals surface area contributed by atoms with E-state index in [2.05, 4.69) is 19.9 Å². The lowest BCUT2D eigenvalue weighted by Crippen LogP contribution is -2.10. The topological polar surface area (TPSA) is 0 Å². The van der Waals surface area contributed by atoms with Gasteiger partial charge in [-0.25, -0.2) is 0 Å². The molecule has 1 saturated carbocycles. The molecule has 0 nitrogen and oxygen atoms in total. The third kappa shape index (κ3) is 2.15. The smallest absolute Gasteiger partial charge is 0.0320 e. The van der Waals surface area contributed by atoms with Gasteiger partial charge in [0.25, 0.3) is 0 Å². The first-order chi connectivity index (χ1) is 6.18. The largest absolute Gasteiger partial charge is 0.0856 e. The highest BCUT2D eigenvalue weighted by molar-refractivity contribution is 5.01. The van der Waals surface area contributed by atoms with Gasteiger partial charge in [0.1, 0.15) is 0 Å². The van der Waals surface area contributed by atoms with E-state index in [0.29, 0.717) is 5.41 Å². The zero-order valence-electron chi connectivity index (χ0n) is 9.10. The fraction of sp³-hybridized carbons (Fsp3) is 0.846. The number of hydrogen-bond acceptors (Lipinski definition) is 0. The molecule has 0 aromatic carbocycles. The first-order valence-electron chi connectivity index (χ1n) is 5.84. The van der Waals surface area contributed by atoms with Gasteiger partial charge in [-0.3, -0.25) is 0 Å². The van der Waals surface area contributed by atoms with E-state index in [-0.39, 0.29) is 0 Å². The third-order valence-electron chi connectivity index (χ3n) is 4.13. The van der Waals surface area contributed by atoms with Crippen molar-refractivity contribution in [3.8, 4) is 0 Å². The van der Waals surface area contributed by atoms with E-state index in [1.165, 1.54) is 44.9 Å². The van der Waals surface area contributed by atoms with E-state index >= 15 is 0 Å². The Labute approximate surface area is 82.4 Å². The number of hydrogen-bond donors (Lipinski definition) is 0. The van der Waals surface area contributed by atoms with E-state index in [4.69, 9.17) is 0 Å². The van der Waals surface area contributed by atoms with Crippen molar-refractivity contribution in [1.82, 2.24) is 0 Å². The molecule has 0 aromatic heterocycles. The van der Waals surface area contributed by atoms with Gasteiger partial charge in [-0.2, -0.15) is 0 Å². The van der Waals surface area contributed by atoms with Gasteiger partial charge in [-0.05, 0) is 63.2 Å². The Bertz CT molecular complexity index is 214. The average molecular weight is 178 g/mol. The quantitative estimate of drug-likeness (QED) is 0.485. The molecule has 74 valence electrons. The zero-order chi connectivity index (χ0) is 9.31. The fourth-order valence-corrected chi connectivity index (χ4v) is 3.13. The Kier molecular flexibility index (Phi) is 2.49. The van der Waals surface area contributed by atoms with Crippen LogP contribution in [0.2, 0.25) is 0 Å². The number of rotatable bonds is 0. The van der Waals surface area contributed by atoms with E-state index in [9.17, 15) is 0 Å². The first kappa shape index (κ1) is 9.30. The van der Waals surface area contributed by atoms with Gasteiger partial charge in [0.15, 0.2) is 0 Å². The van der Waals surface area contributed by atoms with Gasteiger partial charge >= 0.3 is 0 Å². The van der Waals surface area contributed by atoms with Crippen LogP contribution in [0.25, 0.3) is 0 Å². The molecule has 0 amide bonds. The molecule has 0 aromatic rings. The lowest BCUT2D eigenvalue weighted by atomic mass is 9.83. The SMILES string of the molecule is C/C1=C/CCC2(C)CCC(CC1)C2. The van der Waals surface area contributed by atoms with Crippen LogP contribution in [0.5, 0.6) is 0 Å². The summed E-state index contributed by atoms with van der Waals surface area (Å²) in [6.07, 6.45) is 12.6. The van der Waals surface area contributed by atoms with Crippen molar-refractivity contribution >= 4 is 0 Å². The predicted octanol–water partition coefficient (Wildman–Crippen LogP) is 4.31. The summed E-state index contributed by atoms with van der Waals surface area (Å²) >= 11 is 0. The third-order valence-corrected chi connectivity index (χ3v) is 4.13. The van der Waals surface area contributed by atoms with Crippen LogP contribution < -0.4 is 0 Å². The Morgan fingerprint density at radius 3 is 3.00 bits per heavy atom. The summed E-state index contributed by atoms with van der Waals surface area (Å²) in [4.78, 5) is 0. The van der Waals surface area contributed by atoms with Crippen LogP contribution in [0, 0.1) is 11.3 Å². The Morgan fingerprint density at radius 1 is 1.31 bits per heavy atom. The Balaban J connectivity index is 2.07. The van der Waals surface area contributed by atoms with Crippen LogP contribution in [0.4, 0.5) is 0 Å². The van der Waals surface area contributed by atoms with Crippen LogP contribution >= 0.6 is 0 Å². The first-order valence-corrected chi connectivity index (χ1v) is 5.84. The van der Waals surface area contributed by atoms with Gasteiger partial charge in [0, 0.05) is 0 Å². The van der Waals surface area contributed by atoms with Crippen molar-refractivity contribution in [2.24, 2.45) is 11.3 Å². The molecule has 2 unspecified atom stereocenters. The molecule has 2 atom stereocenters. The second kappa shape index (κ2) is 3.48. The summed E-state index contributed by atoms with van der Waals surface area (Å²) in [5.41, 5.74) is 2.34. The highest BCUT2D eigenvalue weighted by Crippen LogP contribution is 2.47. The zero-order valence-corrected chi connectivity index (χ0v) is 9.10. The normalized spacial score (nSPS) is 44.5. The summed E-state index contributed by atoms with van der Waals surface area (Å²) in [6, 6.07) is 0. The monoisotopic (exact) mass is 178 g/mol. The standard InChI is InChI=1S/C13H22/c1-11-4-3-8-13(2)9-7-12(10-13)6-5-11/h4,12H,3,5-10H2,1-2H3/b11-4-. The molecular weight excluding hydrogens is 156 g/mol. The van der Waals surface area contributed by atoms with Crippen molar-refractivity contribution in [3.63, 3.8) is 0 Å². The number of allylic oxidation sites excluding steroid dienone is 2. The van der Waals surface area contributed by atoms with Crippen LogP contribution in [-0.2, 0) is 0 Å². The molecule has 2 aliphatic carbocycles. The molecule has 0 heteroatoms. The van der Waals surface area contributed by atoms with Gasteiger partial charge in [0.2, 0.25) is 0 Å². The Morgan fingerprint density at radius 2 is 2.15 bits per heavy atom. The van der Waals surface area contributed by atoms with Crippen LogP contribution in [0.3, 0.4) is 0 Å². The molecule has 2 bridgehead atoms. The molecule has 0 heterocycles. The van der Waals surface area contributed by atoms with E-state index in [0.717, 1.165) is 5.92 Å². The van der Waals surface area contributed by atoms with Crippen LogP contribution in [-0.4, -0.2) is 0 Å². The lowest BCUT2D eigenvalue weighted by molar-refractivity contribution is 0.295. The maximum absolute atomic E-state index is 2.50. The fourth-order valence-electron chi connectivity index (χ4n) is 3.13. The summed E-state index contributed by atoms with van der Waals surface area (Å²) in [6.45, 7) is 4.81. The maximum atomic E-state index is 2.50. The highest BCUT2D eigenvalue weighted by Gasteiger charge is 2.34. The molecule has 1 fully saturated rings. The molecular formula is C13H22. The van der Waals surface area contributed by atoms with E-state index in [1.807, 2.05) is 0 Å². The van der Waals surface area contributed by atoms with Crippen molar-refractivity contribution in [2.45, 2.75) is 58.8 Å². The summed E-state index contributed by atoms with van der Waals surface area (Å²) in [5, 5.41) is 0. The van der Waals surface area contributed by atoms with Gasteiger partial charge in [0.05, 0.1) is 0 Å². The predicted molar refractivity (Wildman–Crippen MR) is 57.7 cm³/mol. The van der Waals surface area contributed by atoms with Crippen molar-refractivity contribution in [3.05, 3.63) is 11.6 Å². The van der Waals surface area contributed by atoms with Crippen molar-refractivity contribution in [2.75, 3.05) is 0 Å². The van der Waals surface area contributed by atoms with E-state index in [1.54, 1.807) is 5.57 Å². The minimum absolute atomic E-state index is 0.700. The molecule has 0 saturated heterocycles. The van der Waals surface area contributed by atoms with Crippen LogP contribution in [0.1, 0.15) is 58.8 Å². The van der Waals surface area contributed by atoms with Gasteiger partial charge < -0.3 is 0 Å². The minimum atomic E-state index is 0.700. The summed E-state index contributed by atoms with van der Waals surface area (Å²) in [7, 11) is 0. The molecule has 0 N–H and O–H groups in total. The maximum Gasteiger partial charge on any atom is -0.0320 e. The van der Waals surface area contributed by atoms with Crippen molar-refractivity contribution in [1.29, 1.82) is 0 Å². The molecule has 0 aliphatic heterocycles. The van der Waals surface area contributed by atoms with Gasteiger partial charge in [-0.1, -0.05) is 18.6 Å². The minimum Gasteiger partial charge on any atom is -0.0856 e. The average Bonchev–Trinajstić information content (AvgIpc) is 2.46. The summed E-state index contributed by atoms with van der Waals surface area (Å²) < 4.78 is 0. The molecule has 2 aliphatic rings. The molecule has 0 spiro atoms. The van der Waals surface area contributed by atoms with Crippen molar-refractivity contribution < 1.29 is 0 Å². The lowest BCUT2D eigenvalue weighted by Gasteiger charge is -2.22. The second-order valence-electron chi connectivity index (χ2n) is 5.55. The Hall–Kier alpha value is -0.260. The number of fused-ring (bicyclic) bond motifs is 2. The molecule has 0 radical (unpaired) electrons. The molecule has 13 heavy (non-hydrogen) atoms.